The number of hydrogen-bond donors (Lipinski definition) is 1. The average molecular weight is 236 g/mol. The van der Waals surface area contributed by atoms with Crippen molar-refractivity contribution in [2.45, 2.75) is 20.4 Å². The topological polar surface area (TPSA) is 35.8 Å². The molecule has 0 aliphatic rings. The molecule has 2 heteroatoms. The summed E-state index contributed by atoms with van der Waals surface area (Å²) in [7, 11) is 0. The Kier molecular flexibility index (Phi) is 3.64. The first-order chi connectivity index (χ1) is 8.70. The van der Waals surface area contributed by atoms with Crippen LogP contribution in [0.2, 0.25) is 0 Å². The predicted molar refractivity (Wildman–Crippen MR) is 74.4 cm³/mol. The van der Waals surface area contributed by atoms with Crippen molar-refractivity contribution in [2.75, 3.05) is 5.32 Å². The van der Waals surface area contributed by atoms with Crippen LogP contribution in [-0.4, -0.2) is 0 Å². The van der Waals surface area contributed by atoms with E-state index in [1.54, 1.807) is 0 Å². The molecule has 1 N–H and O–H groups in total. The van der Waals surface area contributed by atoms with Gasteiger partial charge < -0.3 is 5.32 Å². The first kappa shape index (κ1) is 12.2. The van der Waals surface area contributed by atoms with E-state index in [4.69, 9.17) is 5.26 Å². The van der Waals surface area contributed by atoms with E-state index in [-0.39, 0.29) is 0 Å². The highest BCUT2D eigenvalue weighted by Gasteiger charge is 2.02. The molecule has 0 saturated carbocycles. The van der Waals surface area contributed by atoms with Crippen LogP contribution in [0.1, 0.15) is 22.3 Å². The van der Waals surface area contributed by atoms with Crippen LogP contribution >= 0.6 is 0 Å². The van der Waals surface area contributed by atoms with Gasteiger partial charge >= 0.3 is 0 Å². The van der Waals surface area contributed by atoms with Gasteiger partial charge in [-0.15, -0.1) is 0 Å². The van der Waals surface area contributed by atoms with Crippen molar-refractivity contribution in [1.29, 1.82) is 5.26 Å². The summed E-state index contributed by atoms with van der Waals surface area (Å²) < 4.78 is 0. The fourth-order valence-electron chi connectivity index (χ4n) is 1.99. The van der Waals surface area contributed by atoms with E-state index in [1.165, 1.54) is 11.1 Å². The van der Waals surface area contributed by atoms with Gasteiger partial charge in [0.25, 0.3) is 0 Å². The number of hydrogen-bond acceptors (Lipinski definition) is 2. The molecule has 2 nitrogen and oxygen atoms in total. The number of nitrogens with one attached hydrogen (secondary N) is 1. The van der Waals surface area contributed by atoms with Crippen molar-refractivity contribution in [3.63, 3.8) is 0 Å². The number of aryl methyl sites for hydroxylation is 2. The number of nitriles is 1. The second-order valence-electron chi connectivity index (χ2n) is 4.44. The summed E-state index contributed by atoms with van der Waals surface area (Å²) in [6.45, 7) is 4.85. The van der Waals surface area contributed by atoms with Gasteiger partial charge in [-0.1, -0.05) is 35.9 Å². The highest BCUT2D eigenvalue weighted by atomic mass is 14.9. The predicted octanol–water partition coefficient (Wildman–Crippen LogP) is 3.79. The van der Waals surface area contributed by atoms with E-state index >= 15 is 0 Å². The Hall–Kier alpha value is -2.27. The van der Waals surface area contributed by atoms with Crippen LogP contribution in [0.15, 0.2) is 42.5 Å². The number of rotatable bonds is 3. The van der Waals surface area contributed by atoms with E-state index in [0.29, 0.717) is 6.54 Å². The van der Waals surface area contributed by atoms with Crippen LogP contribution in [0.25, 0.3) is 0 Å². The van der Waals surface area contributed by atoms with Crippen molar-refractivity contribution < 1.29 is 0 Å². The van der Waals surface area contributed by atoms with Crippen LogP contribution in [0, 0.1) is 25.2 Å². The Bertz CT molecular complexity index is 594. The van der Waals surface area contributed by atoms with Gasteiger partial charge in [0.15, 0.2) is 0 Å². The van der Waals surface area contributed by atoms with Gasteiger partial charge in [0.05, 0.1) is 11.6 Å². The molecule has 18 heavy (non-hydrogen) atoms. The molecule has 0 bridgehead atoms. The monoisotopic (exact) mass is 236 g/mol. The lowest BCUT2D eigenvalue weighted by molar-refractivity contribution is 1.13. The zero-order valence-electron chi connectivity index (χ0n) is 10.7. The molecule has 0 heterocycles. The number of anilines is 1. The third kappa shape index (κ3) is 2.70. The standard InChI is InChI=1S/C16H16N2/c1-12-7-8-16(13(2)9-12)18-11-15-6-4-3-5-14(15)10-17/h3-9,18H,11H2,1-2H3. The zero-order valence-corrected chi connectivity index (χ0v) is 10.7. The third-order valence-electron chi connectivity index (χ3n) is 2.99. The number of nitrogens with zero attached hydrogens (tertiary/aromatic N) is 1. The molecular weight excluding hydrogens is 220 g/mol. The lowest BCUT2D eigenvalue weighted by Crippen LogP contribution is -2.02. The minimum atomic E-state index is 0.674. The molecule has 0 aliphatic carbocycles. The van der Waals surface area contributed by atoms with E-state index in [2.05, 4.69) is 43.4 Å². The molecule has 0 unspecified atom stereocenters. The quantitative estimate of drug-likeness (QED) is 0.880. The summed E-state index contributed by atoms with van der Waals surface area (Å²) in [5, 5.41) is 12.4. The fraction of sp³-hybridized carbons (Fsp3) is 0.188. The first-order valence-corrected chi connectivity index (χ1v) is 6.00. The summed E-state index contributed by atoms with van der Waals surface area (Å²) >= 11 is 0. The van der Waals surface area contributed by atoms with Crippen molar-refractivity contribution >= 4 is 5.69 Å². The molecule has 0 aliphatic heterocycles. The van der Waals surface area contributed by atoms with Gasteiger partial charge in [0.2, 0.25) is 0 Å². The van der Waals surface area contributed by atoms with E-state index in [9.17, 15) is 0 Å². The second-order valence-corrected chi connectivity index (χ2v) is 4.44. The molecule has 90 valence electrons. The molecule has 0 amide bonds. The molecular formula is C16H16N2. The minimum Gasteiger partial charge on any atom is -0.381 e. The summed E-state index contributed by atoms with van der Waals surface area (Å²) in [4.78, 5) is 0. The normalized spacial score (nSPS) is 9.83. The first-order valence-electron chi connectivity index (χ1n) is 6.00. The van der Waals surface area contributed by atoms with Crippen molar-refractivity contribution in [3.8, 4) is 6.07 Å². The highest BCUT2D eigenvalue weighted by molar-refractivity contribution is 5.53. The van der Waals surface area contributed by atoms with Gasteiger partial charge in [-0.25, -0.2) is 0 Å². The molecule has 0 fully saturated rings. The van der Waals surface area contributed by atoms with Gasteiger partial charge in [-0.05, 0) is 37.1 Å². The Balaban J connectivity index is 2.14. The van der Waals surface area contributed by atoms with Crippen molar-refractivity contribution in [3.05, 3.63) is 64.7 Å². The van der Waals surface area contributed by atoms with E-state index in [0.717, 1.165) is 16.8 Å². The molecule has 0 aromatic heterocycles. The lowest BCUT2D eigenvalue weighted by atomic mass is 10.1. The molecule has 0 radical (unpaired) electrons. The van der Waals surface area contributed by atoms with Gasteiger partial charge in [-0.3, -0.25) is 0 Å². The maximum atomic E-state index is 9.03. The molecule has 0 saturated heterocycles. The Morgan fingerprint density at radius 2 is 1.89 bits per heavy atom. The molecule has 0 atom stereocenters. The molecule has 0 spiro atoms. The summed E-state index contributed by atoms with van der Waals surface area (Å²) in [5.41, 5.74) is 5.36. The number of benzene rings is 2. The Morgan fingerprint density at radius 1 is 1.11 bits per heavy atom. The van der Waals surface area contributed by atoms with Crippen LogP contribution in [0.4, 0.5) is 5.69 Å². The second kappa shape index (κ2) is 5.37. The summed E-state index contributed by atoms with van der Waals surface area (Å²) in [5.74, 6) is 0. The maximum Gasteiger partial charge on any atom is 0.0995 e. The molecule has 2 rings (SSSR count). The van der Waals surface area contributed by atoms with Crippen LogP contribution in [0.5, 0.6) is 0 Å². The van der Waals surface area contributed by atoms with Crippen LogP contribution in [-0.2, 0) is 6.54 Å². The maximum absolute atomic E-state index is 9.03. The van der Waals surface area contributed by atoms with Crippen molar-refractivity contribution in [1.82, 2.24) is 0 Å². The fourth-order valence-corrected chi connectivity index (χ4v) is 1.99. The van der Waals surface area contributed by atoms with Gasteiger partial charge in [0.1, 0.15) is 0 Å². The van der Waals surface area contributed by atoms with E-state index < -0.39 is 0 Å². The van der Waals surface area contributed by atoms with Crippen LogP contribution < -0.4 is 5.32 Å². The highest BCUT2D eigenvalue weighted by Crippen LogP contribution is 2.17. The SMILES string of the molecule is Cc1ccc(NCc2ccccc2C#N)c(C)c1. The van der Waals surface area contributed by atoms with Crippen molar-refractivity contribution in [2.24, 2.45) is 0 Å². The Morgan fingerprint density at radius 3 is 2.61 bits per heavy atom. The smallest absolute Gasteiger partial charge is 0.0995 e. The largest absolute Gasteiger partial charge is 0.381 e. The Labute approximate surface area is 108 Å². The molecule has 2 aromatic carbocycles. The lowest BCUT2D eigenvalue weighted by Gasteiger charge is -2.11. The zero-order chi connectivity index (χ0) is 13.0. The summed E-state index contributed by atoms with van der Waals surface area (Å²) in [6.07, 6.45) is 0. The van der Waals surface area contributed by atoms with Gasteiger partial charge in [0, 0.05) is 12.2 Å². The average Bonchev–Trinajstić information content (AvgIpc) is 2.38. The van der Waals surface area contributed by atoms with E-state index in [1.807, 2.05) is 24.3 Å². The minimum absolute atomic E-state index is 0.674. The van der Waals surface area contributed by atoms with Crippen LogP contribution in [0.3, 0.4) is 0 Å². The third-order valence-corrected chi connectivity index (χ3v) is 2.99. The molecule has 2 aromatic rings. The summed E-state index contributed by atoms with van der Waals surface area (Å²) in [6, 6.07) is 16.2. The van der Waals surface area contributed by atoms with Gasteiger partial charge in [-0.2, -0.15) is 5.26 Å².